The molecule has 2 aromatic heterocycles. The highest BCUT2D eigenvalue weighted by Gasteiger charge is 2.21. The molecular formula is C24H23N3O. The van der Waals surface area contributed by atoms with Gasteiger partial charge < -0.3 is 10.4 Å². The Morgan fingerprint density at radius 1 is 0.893 bits per heavy atom. The molecule has 2 heterocycles. The summed E-state index contributed by atoms with van der Waals surface area (Å²) in [4.78, 5) is 8.70. The highest BCUT2D eigenvalue weighted by molar-refractivity contribution is 5.86. The fraction of sp³-hybridized carbons (Fsp3) is 0.167. The van der Waals surface area contributed by atoms with Crippen molar-refractivity contribution < 1.29 is 5.11 Å². The number of fused-ring (bicyclic) bond motifs is 1. The number of pyridine rings is 2. The first-order chi connectivity index (χ1) is 13.5. The lowest BCUT2D eigenvalue weighted by molar-refractivity contribution is 0.471. The Labute approximate surface area is 164 Å². The zero-order valence-corrected chi connectivity index (χ0v) is 16.3. The van der Waals surface area contributed by atoms with Crippen LogP contribution < -0.4 is 5.32 Å². The van der Waals surface area contributed by atoms with Gasteiger partial charge in [0.15, 0.2) is 0 Å². The van der Waals surface area contributed by atoms with Crippen LogP contribution >= 0.6 is 0 Å². The van der Waals surface area contributed by atoms with Crippen LogP contribution in [0, 0.1) is 20.8 Å². The van der Waals surface area contributed by atoms with Crippen LogP contribution in [-0.4, -0.2) is 15.1 Å². The maximum absolute atomic E-state index is 11.1. The monoisotopic (exact) mass is 369 g/mol. The van der Waals surface area contributed by atoms with Gasteiger partial charge in [-0.05, 0) is 61.7 Å². The molecule has 4 aromatic rings. The van der Waals surface area contributed by atoms with Crippen LogP contribution in [0.25, 0.3) is 10.9 Å². The standard InChI is InChI=1S/C24H23N3O/c1-15-5-4-6-21(17(15)3)27-22(19-11-13-25-14-12-19)20-10-9-18-8-7-16(2)26-23(18)24(20)28/h4-14,22,27-28H,1-3H3. The minimum absolute atomic E-state index is 0.209. The van der Waals surface area contributed by atoms with Gasteiger partial charge in [-0.1, -0.05) is 30.3 Å². The van der Waals surface area contributed by atoms with Crippen molar-refractivity contribution in [1.82, 2.24) is 9.97 Å². The number of benzene rings is 2. The molecular weight excluding hydrogens is 346 g/mol. The van der Waals surface area contributed by atoms with E-state index in [-0.39, 0.29) is 11.8 Å². The molecule has 0 radical (unpaired) electrons. The van der Waals surface area contributed by atoms with E-state index in [2.05, 4.69) is 41.3 Å². The number of hydrogen-bond acceptors (Lipinski definition) is 4. The minimum atomic E-state index is -0.227. The normalized spacial score (nSPS) is 12.1. The number of anilines is 1. The third-order valence-electron chi connectivity index (χ3n) is 5.26. The first-order valence-electron chi connectivity index (χ1n) is 9.36. The summed E-state index contributed by atoms with van der Waals surface area (Å²) in [7, 11) is 0. The number of nitrogens with zero attached hydrogens (tertiary/aromatic N) is 2. The lowest BCUT2D eigenvalue weighted by Crippen LogP contribution is -2.14. The Morgan fingerprint density at radius 3 is 2.43 bits per heavy atom. The zero-order valence-electron chi connectivity index (χ0n) is 16.3. The molecule has 0 saturated carbocycles. The number of nitrogens with one attached hydrogen (secondary N) is 1. The number of phenolic OH excluding ortho intramolecular Hbond substituents is 1. The predicted octanol–water partition coefficient (Wildman–Crippen LogP) is 5.46. The molecule has 4 nitrogen and oxygen atoms in total. The van der Waals surface area contributed by atoms with Crippen LogP contribution in [0.4, 0.5) is 5.69 Å². The molecule has 0 aliphatic heterocycles. The van der Waals surface area contributed by atoms with Crippen molar-refractivity contribution in [3.63, 3.8) is 0 Å². The first-order valence-corrected chi connectivity index (χ1v) is 9.36. The Bertz CT molecular complexity index is 1140. The van der Waals surface area contributed by atoms with E-state index < -0.39 is 0 Å². The van der Waals surface area contributed by atoms with Gasteiger partial charge >= 0.3 is 0 Å². The van der Waals surface area contributed by atoms with Gasteiger partial charge in [0.2, 0.25) is 0 Å². The molecule has 0 aliphatic carbocycles. The summed E-state index contributed by atoms with van der Waals surface area (Å²) in [6.45, 7) is 6.13. The number of aromatic nitrogens is 2. The summed E-state index contributed by atoms with van der Waals surface area (Å²) >= 11 is 0. The summed E-state index contributed by atoms with van der Waals surface area (Å²) in [6, 6.07) is 17.8. The molecule has 0 bridgehead atoms. The van der Waals surface area contributed by atoms with Gasteiger partial charge in [0, 0.05) is 34.7 Å². The van der Waals surface area contributed by atoms with E-state index in [9.17, 15) is 5.11 Å². The van der Waals surface area contributed by atoms with Gasteiger partial charge in [0.25, 0.3) is 0 Å². The summed E-state index contributed by atoms with van der Waals surface area (Å²) in [6.07, 6.45) is 3.54. The largest absolute Gasteiger partial charge is 0.505 e. The van der Waals surface area contributed by atoms with E-state index >= 15 is 0 Å². The van der Waals surface area contributed by atoms with Crippen molar-refractivity contribution in [2.75, 3.05) is 5.32 Å². The van der Waals surface area contributed by atoms with Crippen LogP contribution in [0.2, 0.25) is 0 Å². The predicted molar refractivity (Wildman–Crippen MR) is 114 cm³/mol. The third-order valence-corrected chi connectivity index (χ3v) is 5.26. The minimum Gasteiger partial charge on any atom is -0.505 e. The molecule has 0 spiro atoms. The van der Waals surface area contributed by atoms with Gasteiger partial charge in [-0.25, -0.2) is 4.98 Å². The number of hydrogen-bond donors (Lipinski definition) is 2. The Kier molecular flexibility index (Phi) is 4.70. The average molecular weight is 369 g/mol. The lowest BCUT2D eigenvalue weighted by atomic mass is 9.96. The van der Waals surface area contributed by atoms with Crippen molar-refractivity contribution in [2.24, 2.45) is 0 Å². The van der Waals surface area contributed by atoms with Crippen molar-refractivity contribution in [3.05, 3.63) is 94.9 Å². The molecule has 2 aromatic carbocycles. The molecule has 4 rings (SSSR count). The van der Waals surface area contributed by atoms with Crippen LogP contribution in [0.3, 0.4) is 0 Å². The smallest absolute Gasteiger partial charge is 0.147 e. The highest BCUT2D eigenvalue weighted by atomic mass is 16.3. The van der Waals surface area contributed by atoms with E-state index in [1.807, 2.05) is 49.4 Å². The highest BCUT2D eigenvalue weighted by Crippen LogP contribution is 2.37. The molecule has 28 heavy (non-hydrogen) atoms. The first kappa shape index (κ1) is 18.0. The van der Waals surface area contributed by atoms with Crippen molar-refractivity contribution in [1.29, 1.82) is 0 Å². The van der Waals surface area contributed by atoms with Gasteiger partial charge in [0.05, 0.1) is 6.04 Å². The Hall–Kier alpha value is -3.40. The molecule has 0 aliphatic rings. The molecule has 1 atom stereocenters. The summed E-state index contributed by atoms with van der Waals surface area (Å²) in [5, 5.41) is 15.6. The second-order valence-corrected chi connectivity index (χ2v) is 7.13. The Morgan fingerprint density at radius 2 is 1.64 bits per heavy atom. The van der Waals surface area contributed by atoms with Crippen molar-refractivity contribution in [3.8, 4) is 5.75 Å². The van der Waals surface area contributed by atoms with Gasteiger partial charge in [-0.15, -0.1) is 0 Å². The van der Waals surface area contributed by atoms with E-state index in [4.69, 9.17) is 0 Å². The molecule has 4 heteroatoms. The van der Waals surface area contributed by atoms with Crippen molar-refractivity contribution >= 4 is 16.6 Å². The maximum Gasteiger partial charge on any atom is 0.147 e. The number of rotatable bonds is 4. The summed E-state index contributed by atoms with van der Waals surface area (Å²) < 4.78 is 0. The van der Waals surface area contributed by atoms with Crippen LogP contribution in [0.15, 0.2) is 67.0 Å². The number of aromatic hydroxyl groups is 1. The fourth-order valence-corrected chi connectivity index (χ4v) is 3.48. The molecule has 140 valence electrons. The van der Waals surface area contributed by atoms with Crippen LogP contribution in [-0.2, 0) is 0 Å². The molecule has 0 fully saturated rings. The molecule has 2 N–H and O–H groups in total. The molecule has 0 saturated heterocycles. The Balaban J connectivity index is 1.88. The lowest BCUT2D eigenvalue weighted by Gasteiger charge is -2.24. The number of phenols is 1. The average Bonchev–Trinajstić information content (AvgIpc) is 2.71. The zero-order chi connectivity index (χ0) is 19.7. The quantitative estimate of drug-likeness (QED) is 0.501. The second kappa shape index (κ2) is 7.31. The van der Waals surface area contributed by atoms with Crippen LogP contribution in [0.5, 0.6) is 5.75 Å². The molecule has 0 amide bonds. The van der Waals surface area contributed by atoms with E-state index in [0.717, 1.165) is 27.9 Å². The van der Waals surface area contributed by atoms with E-state index in [1.54, 1.807) is 12.4 Å². The van der Waals surface area contributed by atoms with E-state index in [1.165, 1.54) is 11.1 Å². The fourth-order valence-electron chi connectivity index (χ4n) is 3.48. The summed E-state index contributed by atoms with van der Waals surface area (Å²) in [5.74, 6) is 0.209. The number of aryl methyl sites for hydroxylation is 2. The van der Waals surface area contributed by atoms with E-state index in [0.29, 0.717) is 5.52 Å². The molecule has 1 unspecified atom stereocenters. The topological polar surface area (TPSA) is 58.0 Å². The SMILES string of the molecule is Cc1ccc2ccc(C(Nc3cccc(C)c3C)c3ccncc3)c(O)c2n1. The van der Waals surface area contributed by atoms with Gasteiger partial charge in [-0.2, -0.15) is 0 Å². The third kappa shape index (κ3) is 3.29. The van der Waals surface area contributed by atoms with Gasteiger partial charge in [0.1, 0.15) is 11.3 Å². The summed E-state index contributed by atoms with van der Waals surface area (Å²) in [5.41, 5.74) is 6.77. The van der Waals surface area contributed by atoms with Gasteiger partial charge in [-0.3, -0.25) is 4.98 Å². The van der Waals surface area contributed by atoms with Crippen LogP contribution in [0.1, 0.15) is 34.0 Å². The maximum atomic E-state index is 11.1. The second-order valence-electron chi connectivity index (χ2n) is 7.13. The van der Waals surface area contributed by atoms with Crippen molar-refractivity contribution in [2.45, 2.75) is 26.8 Å².